The minimum Gasteiger partial charge on any atom is -0.368 e. The number of pyridine rings is 1. The molecule has 0 radical (unpaired) electrons. The molecule has 0 spiro atoms. The van der Waals surface area contributed by atoms with Crippen molar-refractivity contribution in [3.63, 3.8) is 0 Å². The fourth-order valence-electron chi connectivity index (χ4n) is 1.15. The van der Waals surface area contributed by atoms with Gasteiger partial charge in [-0.25, -0.2) is 4.98 Å². The fraction of sp³-hybridized carbons (Fsp3) is 0.455. The van der Waals surface area contributed by atoms with Crippen LogP contribution in [-0.2, 0) is 0 Å². The van der Waals surface area contributed by atoms with Crippen molar-refractivity contribution < 1.29 is 4.92 Å². The number of rotatable bonds is 5. The molecule has 0 aliphatic heterocycles. The average Bonchev–Trinajstić information content (AvgIpc) is 2.36. The molecule has 0 saturated carbocycles. The van der Waals surface area contributed by atoms with Gasteiger partial charge < -0.3 is 5.32 Å². The Hall–Kier alpha value is -1.81. The van der Waals surface area contributed by atoms with Crippen molar-refractivity contribution in [3.05, 3.63) is 27.9 Å². The minimum absolute atomic E-state index is 0.00379. The second-order valence-electron chi connectivity index (χ2n) is 4.28. The van der Waals surface area contributed by atoms with E-state index >= 15 is 0 Å². The van der Waals surface area contributed by atoms with Gasteiger partial charge in [0.05, 0.1) is 4.92 Å². The molecule has 0 aliphatic rings. The Balaban J connectivity index is 2.91. The van der Waals surface area contributed by atoms with Crippen LogP contribution in [0.25, 0.3) is 0 Å². The molecule has 1 aromatic rings. The van der Waals surface area contributed by atoms with Crippen LogP contribution in [0.5, 0.6) is 0 Å². The molecule has 1 N–H and O–H groups in total. The van der Waals surface area contributed by atoms with Gasteiger partial charge in [0.15, 0.2) is 0 Å². The van der Waals surface area contributed by atoms with Crippen LogP contribution in [0.1, 0.15) is 19.4 Å². The van der Waals surface area contributed by atoms with Gasteiger partial charge in [-0.15, -0.1) is 0 Å². The van der Waals surface area contributed by atoms with E-state index in [1.54, 1.807) is 11.8 Å². The van der Waals surface area contributed by atoms with Gasteiger partial charge in [-0.1, -0.05) is 0 Å². The monoisotopic (exact) mass is 266 g/mol. The molecule has 1 heterocycles. The molecule has 1 aromatic heterocycles. The number of hydrogen-bond donors (Lipinski definition) is 1. The molecule has 18 heavy (non-hydrogen) atoms. The van der Waals surface area contributed by atoms with Crippen LogP contribution < -0.4 is 5.32 Å². The Morgan fingerprint density at radius 2 is 2.33 bits per heavy atom. The highest BCUT2D eigenvalue weighted by Crippen LogP contribution is 2.23. The quantitative estimate of drug-likeness (QED) is 0.650. The molecule has 0 unspecified atom stereocenters. The van der Waals surface area contributed by atoms with Crippen molar-refractivity contribution in [1.82, 2.24) is 4.98 Å². The average molecular weight is 266 g/mol. The molecule has 0 aromatic carbocycles. The number of nitro groups is 1. The van der Waals surface area contributed by atoms with Crippen LogP contribution in [0, 0.1) is 21.4 Å². The molecule has 0 atom stereocenters. The fourth-order valence-corrected chi connectivity index (χ4v) is 1.36. The zero-order valence-corrected chi connectivity index (χ0v) is 11.2. The number of nitrogens with one attached hydrogen (secondary N) is 1. The van der Waals surface area contributed by atoms with Gasteiger partial charge in [0.2, 0.25) is 0 Å². The molecule has 0 fully saturated rings. The standard InChI is InChI=1S/C11H14N4O2S/c1-11(2,18-3)7-14-10-8(5-12)4-9(6-13-10)15(16)17/h4,6H,7H2,1-3H3,(H,13,14). The highest BCUT2D eigenvalue weighted by molar-refractivity contribution is 7.99. The van der Waals surface area contributed by atoms with Crippen molar-refractivity contribution in [2.45, 2.75) is 18.6 Å². The Morgan fingerprint density at radius 3 is 2.83 bits per heavy atom. The summed E-state index contributed by atoms with van der Waals surface area (Å²) in [6.45, 7) is 4.73. The van der Waals surface area contributed by atoms with Gasteiger partial charge in [-0.3, -0.25) is 10.1 Å². The maximum Gasteiger partial charge on any atom is 0.289 e. The second-order valence-corrected chi connectivity index (χ2v) is 5.79. The van der Waals surface area contributed by atoms with Gasteiger partial charge >= 0.3 is 0 Å². The molecular weight excluding hydrogens is 252 g/mol. The summed E-state index contributed by atoms with van der Waals surface area (Å²) in [6.07, 6.45) is 3.14. The first-order valence-electron chi connectivity index (χ1n) is 5.23. The summed E-state index contributed by atoms with van der Waals surface area (Å²) in [4.78, 5) is 13.9. The van der Waals surface area contributed by atoms with Crippen LogP contribution >= 0.6 is 11.8 Å². The van der Waals surface area contributed by atoms with Gasteiger partial charge in [-0.05, 0) is 20.1 Å². The lowest BCUT2D eigenvalue weighted by molar-refractivity contribution is -0.385. The lowest BCUT2D eigenvalue weighted by atomic mass is 10.2. The lowest BCUT2D eigenvalue weighted by Gasteiger charge is -2.22. The highest BCUT2D eigenvalue weighted by atomic mass is 32.2. The van der Waals surface area contributed by atoms with E-state index in [-0.39, 0.29) is 16.0 Å². The summed E-state index contributed by atoms with van der Waals surface area (Å²) < 4.78 is -0.00379. The Morgan fingerprint density at radius 1 is 1.67 bits per heavy atom. The SMILES string of the molecule is CSC(C)(C)CNc1ncc([N+](=O)[O-])cc1C#N. The minimum atomic E-state index is -0.566. The highest BCUT2D eigenvalue weighted by Gasteiger charge is 2.18. The first-order chi connectivity index (χ1) is 8.39. The van der Waals surface area contributed by atoms with Crippen LogP contribution in [0.4, 0.5) is 11.5 Å². The first-order valence-corrected chi connectivity index (χ1v) is 6.45. The number of nitriles is 1. The zero-order chi connectivity index (χ0) is 13.8. The van der Waals surface area contributed by atoms with Crippen LogP contribution in [-0.4, -0.2) is 27.5 Å². The van der Waals surface area contributed by atoms with E-state index in [2.05, 4.69) is 24.1 Å². The summed E-state index contributed by atoms with van der Waals surface area (Å²) in [7, 11) is 0. The van der Waals surface area contributed by atoms with E-state index in [1.165, 1.54) is 6.07 Å². The predicted octanol–water partition coefficient (Wildman–Crippen LogP) is 2.41. The number of hydrogen-bond acceptors (Lipinski definition) is 6. The Kier molecular flexibility index (Phi) is 4.50. The topological polar surface area (TPSA) is 91.8 Å². The van der Waals surface area contributed by atoms with Gasteiger partial charge in [0.25, 0.3) is 5.69 Å². The van der Waals surface area contributed by atoms with Crippen molar-refractivity contribution in [1.29, 1.82) is 5.26 Å². The molecule has 1 rings (SSSR count). The van der Waals surface area contributed by atoms with Crippen LogP contribution in [0.15, 0.2) is 12.3 Å². The van der Waals surface area contributed by atoms with Crippen LogP contribution in [0.2, 0.25) is 0 Å². The van der Waals surface area contributed by atoms with E-state index in [0.717, 1.165) is 6.20 Å². The third kappa shape index (κ3) is 3.60. The third-order valence-corrected chi connectivity index (χ3v) is 3.69. The normalized spacial score (nSPS) is 10.8. The predicted molar refractivity (Wildman–Crippen MR) is 71.7 cm³/mol. The molecule has 6 nitrogen and oxygen atoms in total. The maximum absolute atomic E-state index is 10.6. The van der Waals surface area contributed by atoms with Crippen molar-refractivity contribution in [2.24, 2.45) is 0 Å². The van der Waals surface area contributed by atoms with Crippen LogP contribution in [0.3, 0.4) is 0 Å². The molecule has 0 bridgehead atoms. The smallest absolute Gasteiger partial charge is 0.289 e. The number of thioether (sulfide) groups is 1. The first kappa shape index (κ1) is 14.3. The molecular formula is C11H14N4O2S. The zero-order valence-electron chi connectivity index (χ0n) is 10.4. The summed E-state index contributed by atoms with van der Waals surface area (Å²) in [5, 5.41) is 22.6. The lowest BCUT2D eigenvalue weighted by Crippen LogP contribution is -2.26. The molecule has 96 valence electrons. The third-order valence-electron chi connectivity index (χ3n) is 2.44. The molecule has 0 aliphatic carbocycles. The van der Waals surface area contributed by atoms with Gasteiger partial charge in [0.1, 0.15) is 23.6 Å². The number of anilines is 1. The van der Waals surface area contributed by atoms with Crippen molar-refractivity contribution in [2.75, 3.05) is 18.1 Å². The van der Waals surface area contributed by atoms with Gasteiger partial charge in [-0.2, -0.15) is 17.0 Å². The summed E-state index contributed by atoms with van der Waals surface area (Å²) in [5.41, 5.74) is 0.00216. The summed E-state index contributed by atoms with van der Waals surface area (Å²) in [5.74, 6) is 0.380. The largest absolute Gasteiger partial charge is 0.368 e. The molecule has 0 saturated heterocycles. The van der Waals surface area contributed by atoms with Gasteiger partial charge in [0, 0.05) is 17.4 Å². The van der Waals surface area contributed by atoms with E-state index < -0.39 is 4.92 Å². The van der Waals surface area contributed by atoms with Crippen molar-refractivity contribution in [3.8, 4) is 6.07 Å². The second kappa shape index (κ2) is 5.69. The maximum atomic E-state index is 10.6. The molecule has 7 heteroatoms. The van der Waals surface area contributed by atoms with E-state index in [9.17, 15) is 10.1 Å². The van der Waals surface area contributed by atoms with E-state index in [1.807, 2.05) is 12.3 Å². The summed E-state index contributed by atoms with van der Waals surface area (Å²) >= 11 is 1.69. The summed E-state index contributed by atoms with van der Waals surface area (Å²) in [6, 6.07) is 3.13. The Bertz CT molecular complexity index is 496. The number of aromatic nitrogens is 1. The Labute approximate surface area is 110 Å². The number of nitrogens with zero attached hydrogens (tertiary/aromatic N) is 3. The van der Waals surface area contributed by atoms with Crippen molar-refractivity contribution >= 4 is 23.3 Å². The molecule has 0 amide bonds. The van der Waals surface area contributed by atoms with E-state index in [4.69, 9.17) is 5.26 Å². The van der Waals surface area contributed by atoms with E-state index in [0.29, 0.717) is 12.4 Å².